The number of hydrogen-bond donors (Lipinski definition) is 2. The van der Waals surface area contributed by atoms with Crippen molar-refractivity contribution in [2.45, 2.75) is 13.0 Å². The van der Waals surface area contributed by atoms with Crippen LogP contribution in [0, 0.1) is 0 Å². The van der Waals surface area contributed by atoms with E-state index in [4.69, 9.17) is 27.9 Å². The van der Waals surface area contributed by atoms with Gasteiger partial charge in [0.25, 0.3) is 11.8 Å². The van der Waals surface area contributed by atoms with Crippen LogP contribution in [-0.2, 0) is 14.3 Å². The van der Waals surface area contributed by atoms with Crippen LogP contribution in [0.3, 0.4) is 0 Å². The Morgan fingerprint density at radius 1 is 1.19 bits per heavy atom. The first-order valence-corrected chi connectivity index (χ1v) is 9.22. The van der Waals surface area contributed by atoms with Crippen LogP contribution in [0.15, 0.2) is 35.7 Å². The molecule has 1 aromatic heterocycles. The third-order valence-corrected chi connectivity index (χ3v) is 5.08. The Morgan fingerprint density at radius 3 is 2.62 bits per heavy atom. The first-order valence-electron chi connectivity index (χ1n) is 7.58. The van der Waals surface area contributed by atoms with Crippen LogP contribution in [-0.4, -0.2) is 30.9 Å². The molecule has 1 atom stereocenters. The highest BCUT2D eigenvalue weighted by atomic mass is 35.5. The zero-order chi connectivity index (χ0) is 19.1. The summed E-state index contributed by atoms with van der Waals surface area (Å²) >= 11 is 13.1. The fourth-order valence-electron chi connectivity index (χ4n) is 1.98. The Morgan fingerprint density at radius 2 is 1.96 bits per heavy atom. The molecule has 0 aliphatic carbocycles. The molecule has 0 radical (unpaired) electrons. The van der Waals surface area contributed by atoms with Crippen LogP contribution < -0.4 is 10.6 Å². The highest BCUT2D eigenvalue weighted by Gasteiger charge is 2.14. The summed E-state index contributed by atoms with van der Waals surface area (Å²) in [6, 6.07) is 7.98. The topological polar surface area (TPSA) is 84.5 Å². The van der Waals surface area contributed by atoms with Crippen molar-refractivity contribution in [1.82, 2.24) is 10.6 Å². The van der Waals surface area contributed by atoms with Crippen molar-refractivity contribution in [1.29, 1.82) is 0 Å². The van der Waals surface area contributed by atoms with Gasteiger partial charge in [0.05, 0.1) is 16.1 Å². The van der Waals surface area contributed by atoms with Gasteiger partial charge in [0.15, 0.2) is 6.61 Å². The highest BCUT2D eigenvalue weighted by molar-refractivity contribution is 7.10. The van der Waals surface area contributed by atoms with Gasteiger partial charge in [-0.25, -0.2) is 0 Å². The van der Waals surface area contributed by atoms with E-state index < -0.39 is 24.4 Å². The maximum atomic E-state index is 11.9. The Balaban J connectivity index is 1.72. The molecule has 0 saturated carbocycles. The highest BCUT2D eigenvalue weighted by Crippen LogP contribution is 2.22. The second-order valence-electron chi connectivity index (χ2n) is 5.28. The molecule has 0 saturated heterocycles. The average molecular weight is 415 g/mol. The van der Waals surface area contributed by atoms with E-state index >= 15 is 0 Å². The second-order valence-corrected chi connectivity index (χ2v) is 7.07. The molecule has 0 aliphatic rings. The lowest BCUT2D eigenvalue weighted by molar-refractivity contribution is -0.147. The van der Waals surface area contributed by atoms with E-state index in [9.17, 15) is 14.4 Å². The van der Waals surface area contributed by atoms with Crippen LogP contribution in [0.5, 0.6) is 0 Å². The summed E-state index contributed by atoms with van der Waals surface area (Å²) in [5.41, 5.74) is 0.259. The average Bonchev–Trinajstić information content (AvgIpc) is 3.15. The fourth-order valence-corrected chi connectivity index (χ4v) is 3.01. The molecule has 2 aromatic rings. The number of nitrogens with one attached hydrogen (secondary N) is 2. The number of rotatable bonds is 7. The number of hydrogen-bond acceptors (Lipinski definition) is 5. The Kier molecular flexibility index (Phi) is 7.44. The van der Waals surface area contributed by atoms with Crippen molar-refractivity contribution in [2.24, 2.45) is 0 Å². The van der Waals surface area contributed by atoms with Crippen molar-refractivity contribution >= 4 is 52.3 Å². The molecule has 0 unspecified atom stereocenters. The zero-order valence-corrected chi connectivity index (χ0v) is 16.1. The summed E-state index contributed by atoms with van der Waals surface area (Å²) in [6.07, 6.45) is 0. The molecule has 2 N–H and O–H groups in total. The molecule has 26 heavy (non-hydrogen) atoms. The van der Waals surface area contributed by atoms with E-state index in [1.54, 1.807) is 0 Å². The predicted molar refractivity (Wildman–Crippen MR) is 101 cm³/mol. The van der Waals surface area contributed by atoms with Gasteiger partial charge >= 0.3 is 5.97 Å². The molecule has 0 fully saturated rings. The summed E-state index contributed by atoms with van der Waals surface area (Å²) in [4.78, 5) is 36.4. The van der Waals surface area contributed by atoms with Gasteiger partial charge in [-0.1, -0.05) is 29.3 Å². The lowest BCUT2D eigenvalue weighted by Crippen LogP contribution is -2.34. The van der Waals surface area contributed by atoms with Crippen LogP contribution in [0.25, 0.3) is 0 Å². The molecule has 1 aromatic carbocycles. The lowest BCUT2D eigenvalue weighted by Gasteiger charge is -2.12. The van der Waals surface area contributed by atoms with Crippen LogP contribution >= 0.6 is 34.5 Å². The van der Waals surface area contributed by atoms with Crippen molar-refractivity contribution in [3.8, 4) is 0 Å². The molecule has 138 valence electrons. The van der Waals surface area contributed by atoms with Crippen molar-refractivity contribution in [3.05, 3.63) is 56.2 Å². The molecular weight excluding hydrogens is 399 g/mol. The van der Waals surface area contributed by atoms with E-state index in [0.29, 0.717) is 5.02 Å². The number of amides is 2. The standard InChI is InChI=1S/C17H16Cl2N2O4S/c1-10(14-3-2-6-26-14)21-15(22)9-25-16(23)8-20-17(24)11-4-5-12(18)13(19)7-11/h2-7,10H,8-9H2,1H3,(H,20,24)(H,21,22)/t10-/m0/s1. The zero-order valence-electron chi connectivity index (χ0n) is 13.8. The maximum absolute atomic E-state index is 11.9. The summed E-state index contributed by atoms with van der Waals surface area (Å²) in [7, 11) is 0. The fraction of sp³-hybridized carbons (Fsp3) is 0.235. The summed E-state index contributed by atoms with van der Waals surface area (Å²) in [5.74, 6) is -1.65. The van der Waals surface area contributed by atoms with Gasteiger partial charge in [0, 0.05) is 10.4 Å². The minimum Gasteiger partial charge on any atom is -0.454 e. The molecule has 2 amide bonds. The number of halogens is 2. The summed E-state index contributed by atoms with van der Waals surface area (Å²) in [6.45, 7) is 1.05. The smallest absolute Gasteiger partial charge is 0.325 e. The normalized spacial score (nSPS) is 11.5. The van der Waals surface area contributed by atoms with Gasteiger partial charge in [-0.3, -0.25) is 14.4 Å². The number of esters is 1. The molecular formula is C17H16Cl2N2O4S. The van der Waals surface area contributed by atoms with E-state index in [1.165, 1.54) is 29.5 Å². The SMILES string of the molecule is C[C@H](NC(=O)COC(=O)CNC(=O)c1ccc(Cl)c(Cl)c1)c1cccs1. The van der Waals surface area contributed by atoms with Gasteiger partial charge in [0.2, 0.25) is 0 Å². The van der Waals surface area contributed by atoms with Gasteiger partial charge in [0.1, 0.15) is 6.54 Å². The first-order chi connectivity index (χ1) is 12.4. The van der Waals surface area contributed by atoms with E-state index in [0.717, 1.165) is 4.88 Å². The van der Waals surface area contributed by atoms with Gasteiger partial charge < -0.3 is 15.4 Å². The number of carbonyl (C=O) groups excluding carboxylic acids is 3. The number of thiophene rings is 1. The van der Waals surface area contributed by atoms with Gasteiger partial charge in [-0.15, -0.1) is 11.3 Å². The third-order valence-electron chi connectivity index (χ3n) is 3.29. The van der Waals surface area contributed by atoms with E-state index in [-0.39, 0.29) is 23.2 Å². The molecule has 0 bridgehead atoms. The Labute approximate surface area is 164 Å². The molecule has 0 spiro atoms. The number of carbonyl (C=O) groups is 3. The quantitative estimate of drug-likeness (QED) is 0.681. The van der Waals surface area contributed by atoms with Crippen LogP contribution in [0.4, 0.5) is 0 Å². The number of benzene rings is 1. The largest absolute Gasteiger partial charge is 0.454 e. The Bertz CT molecular complexity index is 796. The first kappa shape index (κ1) is 20.2. The number of ether oxygens (including phenoxy) is 1. The van der Waals surface area contributed by atoms with Crippen molar-refractivity contribution < 1.29 is 19.1 Å². The lowest BCUT2D eigenvalue weighted by atomic mass is 10.2. The maximum Gasteiger partial charge on any atom is 0.325 e. The van der Waals surface area contributed by atoms with E-state index in [2.05, 4.69) is 10.6 Å². The summed E-state index contributed by atoms with van der Waals surface area (Å²) < 4.78 is 4.84. The molecule has 6 nitrogen and oxygen atoms in total. The molecule has 2 rings (SSSR count). The minimum absolute atomic E-state index is 0.171. The van der Waals surface area contributed by atoms with Gasteiger partial charge in [-0.05, 0) is 36.6 Å². The Hall–Kier alpha value is -2.09. The molecule has 9 heteroatoms. The van der Waals surface area contributed by atoms with Gasteiger partial charge in [-0.2, -0.15) is 0 Å². The minimum atomic E-state index is -0.725. The van der Waals surface area contributed by atoms with E-state index in [1.807, 2.05) is 24.4 Å². The van der Waals surface area contributed by atoms with Crippen molar-refractivity contribution in [3.63, 3.8) is 0 Å². The van der Waals surface area contributed by atoms with Crippen molar-refractivity contribution in [2.75, 3.05) is 13.2 Å². The molecule has 1 heterocycles. The molecule has 0 aliphatic heterocycles. The third kappa shape index (κ3) is 6.01. The van der Waals surface area contributed by atoms with Crippen LogP contribution in [0.1, 0.15) is 28.2 Å². The van der Waals surface area contributed by atoms with Crippen LogP contribution in [0.2, 0.25) is 10.0 Å². The predicted octanol–water partition coefficient (Wildman–Crippen LogP) is 3.21. The summed E-state index contributed by atoms with van der Waals surface area (Å²) in [5, 5.41) is 7.58. The monoisotopic (exact) mass is 414 g/mol. The second kappa shape index (κ2) is 9.56.